The summed E-state index contributed by atoms with van der Waals surface area (Å²) < 4.78 is 0. The van der Waals surface area contributed by atoms with Gasteiger partial charge in [-0.25, -0.2) is 0 Å². The zero-order valence-electron chi connectivity index (χ0n) is 11.7. The number of aromatic nitrogens is 1. The summed E-state index contributed by atoms with van der Waals surface area (Å²) in [7, 11) is 4.50. The van der Waals surface area contributed by atoms with Gasteiger partial charge in [-0.05, 0) is 42.7 Å². The molecule has 1 heterocycles. The summed E-state index contributed by atoms with van der Waals surface area (Å²) in [5.74, 6) is 0. The third-order valence-corrected chi connectivity index (χ3v) is 3.04. The number of allylic oxidation sites excluding steroid dienone is 1. The van der Waals surface area contributed by atoms with Crippen LogP contribution in [-0.2, 0) is 6.42 Å². The number of aromatic amines is 1. The van der Waals surface area contributed by atoms with Crippen LogP contribution in [0.4, 0.5) is 0 Å². The SMILES string of the molecule is C/C=C\c1cc(-c2ccc(Cl)cc2)[nH]c1CC.[B]C. The van der Waals surface area contributed by atoms with Gasteiger partial charge in [-0.1, -0.05) is 49.6 Å². The Kier molecular flexibility index (Phi) is 6.51. The van der Waals surface area contributed by atoms with Crippen LogP contribution in [0.15, 0.2) is 36.4 Å². The molecule has 19 heavy (non-hydrogen) atoms. The van der Waals surface area contributed by atoms with Gasteiger partial charge in [0.25, 0.3) is 0 Å². The molecule has 0 unspecified atom stereocenters. The Morgan fingerprint density at radius 1 is 1.21 bits per heavy atom. The summed E-state index contributed by atoms with van der Waals surface area (Å²) in [5, 5.41) is 0.768. The van der Waals surface area contributed by atoms with E-state index in [1.165, 1.54) is 23.6 Å². The molecule has 0 amide bonds. The molecule has 0 fully saturated rings. The fourth-order valence-electron chi connectivity index (χ4n) is 1.92. The predicted octanol–water partition coefficient (Wildman–Crippen LogP) is 5.13. The van der Waals surface area contributed by atoms with Crippen LogP contribution in [0.5, 0.6) is 0 Å². The average molecular weight is 272 g/mol. The highest BCUT2D eigenvalue weighted by Gasteiger charge is 2.05. The second kappa shape index (κ2) is 7.91. The third-order valence-electron chi connectivity index (χ3n) is 2.79. The van der Waals surface area contributed by atoms with Gasteiger partial charge >= 0.3 is 0 Å². The van der Waals surface area contributed by atoms with Crippen molar-refractivity contribution in [2.24, 2.45) is 0 Å². The summed E-state index contributed by atoms with van der Waals surface area (Å²) >= 11 is 5.89. The Balaban J connectivity index is 0.000000861. The highest BCUT2D eigenvalue weighted by molar-refractivity contribution is 6.30. The molecule has 1 N–H and O–H groups in total. The normalized spacial score (nSPS) is 10.3. The molecule has 1 aromatic carbocycles. The van der Waals surface area contributed by atoms with E-state index in [9.17, 15) is 0 Å². The lowest BCUT2D eigenvalue weighted by Gasteiger charge is -1.97. The number of nitrogens with one attached hydrogen (secondary N) is 1. The molecule has 1 nitrogen and oxygen atoms in total. The van der Waals surface area contributed by atoms with Crippen molar-refractivity contribution in [3.63, 3.8) is 0 Å². The zero-order valence-corrected chi connectivity index (χ0v) is 12.5. The van der Waals surface area contributed by atoms with Gasteiger partial charge in [0.2, 0.25) is 0 Å². The molecule has 1 aromatic heterocycles. The lowest BCUT2D eigenvalue weighted by molar-refractivity contribution is 1.06. The first-order valence-corrected chi connectivity index (χ1v) is 6.80. The molecule has 2 aromatic rings. The first kappa shape index (κ1) is 15.7. The minimum absolute atomic E-state index is 0.768. The van der Waals surface area contributed by atoms with Crippen molar-refractivity contribution in [2.45, 2.75) is 27.1 Å². The maximum Gasteiger partial charge on any atom is 0.0606 e. The van der Waals surface area contributed by atoms with Crippen LogP contribution < -0.4 is 0 Å². The minimum Gasteiger partial charge on any atom is -0.358 e. The van der Waals surface area contributed by atoms with Crippen molar-refractivity contribution < 1.29 is 0 Å². The van der Waals surface area contributed by atoms with E-state index >= 15 is 0 Å². The van der Waals surface area contributed by atoms with E-state index in [1.54, 1.807) is 0 Å². The van der Waals surface area contributed by atoms with Gasteiger partial charge in [-0.15, -0.1) is 0 Å². The van der Waals surface area contributed by atoms with Gasteiger partial charge in [0.15, 0.2) is 0 Å². The third kappa shape index (κ3) is 4.04. The molecule has 0 aliphatic heterocycles. The van der Waals surface area contributed by atoms with Gasteiger partial charge in [-0.3, -0.25) is 0 Å². The molecule has 0 aliphatic rings. The first-order valence-electron chi connectivity index (χ1n) is 6.43. The zero-order chi connectivity index (χ0) is 14.3. The molecule has 98 valence electrons. The molecule has 2 radical (unpaired) electrons. The Bertz CT molecular complexity index is 526. The lowest BCUT2D eigenvalue weighted by Crippen LogP contribution is -1.82. The second-order valence-corrected chi connectivity index (χ2v) is 4.41. The molecule has 2 rings (SSSR count). The van der Waals surface area contributed by atoms with E-state index in [-0.39, 0.29) is 0 Å². The maximum absolute atomic E-state index is 5.89. The number of hydrogen-bond acceptors (Lipinski definition) is 0. The summed E-state index contributed by atoms with van der Waals surface area (Å²) in [6.07, 6.45) is 5.20. The summed E-state index contributed by atoms with van der Waals surface area (Å²) in [4.78, 5) is 3.46. The lowest BCUT2D eigenvalue weighted by atomic mass is 10.1. The highest BCUT2D eigenvalue weighted by Crippen LogP contribution is 2.24. The molecule has 3 heteroatoms. The molecule has 0 spiro atoms. The standard InChI is InChI=1S/C15H16ClN.CH3B/c1-3-5-12-10-15(17-14(12)4-2)11-6-8-13(16)9-7-11;1-2/h3,5-10,17H,4H2,1-2H3;1H3/b5-3-;. The van der Waals surface area contributed by atoms with Crippen molar-refractivity contribution >= 4 is 25.5 Å². The molecule has 0 aliphatic carbocycles. The predicted molar refractivity (Wildman–Crippen MR) is 86.9 cm³/mol. The van der Waals surface area contributed by atoms with Crippen molar-refractivity contribution in [3.8, 4) is 11.3 Å². The van der Waals surface area contributed by atoms with E-state index in [4.69, 9.17) is 11.6 Å². The van der Waals surface area contributed by atoms with E-state index in [1.807, 2.05) is 31.2 Å². The Morgan fingerprint density at radius 2 is 1.84 bits per heavy atom. The Hall–Kier alpha value is -1.41. The molecule has 0 bridgehead atoms. The summed E-state index contributed by atoms with van der Waals surface area (Å²) in [6, 6.07) is 10.1. The van der Waals surface area contributed by atoms with Crippen LogP contribution in [0, 0.1) is 0 Å². The number of benzene rings is 1. The van der Waals surface area contributed by atoms with Gasteiger partial charge in [-0.2, -0.15) is 0 Å². The number of aryl methyl sites for hydroxylation is 1. The number of halogens is 1. The van der Waals surface area contributed by atoms with E-state index in [2.05, 4.69) is 38.0 Å². The molecule has 0 saturated carbocycles. The van der Waals surface area contributed by atoms with Crippen LogP contribution in [0.1, 0.15) is 25.1 Å². The monoisotopic (exact) mass is 271 g/mol. The van der Waals surface area contributed by atoms with Crippen LogP contribution in [-0.4, -0.2) is 12.8 Å². The smallest absolute Gasteiger partial charge is 0.0606 e. The van der Waals surface area contributed by atoms with E-state index in [0.717, 1.165) is 17.1 Å². The fourth-order valence-corrected chi connectivity index (χ4v) is 2.05. The fraction of sp³-hybridized carbons (Fsp3) is 0.250. The molecule has 0 saturated heterocycles. The second-order valence-electron chi connectivity index (χ2n) is 3.98. The Labute approximate surface area is 122 Å². The highest BCUT2D eigenvalue weighted by atomic mass is 35.5. The van der Waals surface area contributed by atoms with Crippen molar-refractivity contribution in [3.05, 3.63) is 52.7 Å². The maximum atomic E-state index is 5.89. The van der Waals surface area contributed by atoms with Gasteiger partial charge in [0.1, 0.15) is 0 Å². The van der Waals surface area contributed by atoms with Gasteiger partial charge < -0.3 is 4.98 Å². The van der Waals surface area contributed by atoms with E-state index < -0.39 is 0 Å². The van der Waals surface area contributed by atoms with Crippen LogP contribution in [0.2, 0.25) is 11.8 Å². The molecule has 0 atom stereocenters. The van der Waals surface area contributed by atoms with Gasteiger partial charge in [0, 0.05) is 16.4 Å². The molecular formula is C16H19BClN. The quantitative estimate of drug-likeness (QED) is 0.745. The van der Waals surface area contributed by atoms with E-state index in [0.29, 0.717) is 0 Å². The van der Waals surface area contributed by atoms with Crippen LogP contribution in [0.3, 0.4) is 0 Å². The Morgan fingerprint density at radius 3 is 2.37 bits per heavy atom. The topological polar surface area (TPSA) is 15.8 Å². The van der Waals surface area contributed by atoms with Crippen LogP contribution >= 0.6 is 11.6 Å². The van der Waals surface area contributed by atoms with Crippen molar-refractivity contribution in [2.75, 3.05) is 0 Å². The largest absolute Gasteiger partial charge is 0.358 e. The van der Waals surface area contributed by atoms with Crippen molar-refractivity contribution in [1.82, 2.24) is 4.98 Å². The van der Waals surface area contributed by atoms with Crippen molar-refractivity contribution in [1.29, 1.82) is 0 Å². The average Bonchev–Trinajstić information content (AvgIpc) is 2.85. The van der Waals surface area contributed by atoms with Crippen LogP contribution in [0.25, 0.3) is 17.3 Å². The van der Waals surface area contributed by atoms with Gasteiger partial charge in [0.05, 0.1) is 7.85 Å². The molecular weight excluding hydrogens is 252 g/mol. The number of hydrogen-bond donors (Lipinski definition) is 1. The number of rotatable bonds is 3. The number of H-pyrrole nitrogens is 1. The summed E-state index contributed by atoms with van der Waals surface area (Å²) in [6.45, 7) is 5.69. The first-order chi connectivity index (χ1) is 9.24. The minimum atomic E-state index is 0.768. The summed E-state index contributed by atoms with van der Waals surface area (Å²) in [5.41, 5.74) is 4.85.